The van der Waals surface area contributed by atoms with Gasteiger partial charge in [-0.05, 0) is 30.2 Å². The van der Waals surface area contributed by atoms with Gasteiger partial charge < -0.3 is 10.1 Å². The zero-order chi connectivity index (χ0) is 14.5. The number of pyridine rings is 2. The predicted molar refractivity (Wildman–Crippen MR) is 78.2 cm³/mol. The molecule has 1 fully saturated rings. The van der Waals surface area contributed by atoms with Crippen LogP contribution in [0.1, 0.15) is 12.0 Å². The first-order valence-corrected chi connectivity index (χ1v) is 7.04. The Kier molecular flexibility index (Phi) is 4.21. The molecule has 5 nitrogen and oxygen atoms in total. The highest BCUT2D eigenvalue weighted by Crippen LogP contribution is 2.20. The fourth-order valence-corrected chi connectivity index (χ4v) is 2.41. The summed E-state index contributed by atoms with van der Waals surface area (Å²) in [5.41, 5.74) is 2.79. The molecule has 5 heteroatoms. The van der Waals surface area contributed by atoms with E-state index in [-0.39, 0.29) is 11.8 Å². The molecule has 0 bridgehead atoms. The molecular weight excluding hydrogens is 266 g/mol. The Balaban J connectivity index is 1.72. The first kappa shape index (κ1) is 13.7. The predicted octanol–water partition coefficient (Wildman–Crippen LogP) is 1.80. The molecule has 3 rings (SSSR count). The highest BCUT2D eigenvalue weighted by molar-refractivity contribution is 5.79. The number of ether oxygens (including phenoxy) is 1. The van der Waals surface area contributed by atoms with Gasteiger partial charge in [-0.1, -0.05) is 6.07 Å². The molecule has 1 aliphatic heterocycles. The lowest BCUT2D eigenvalue weighted by atomic mass is 10.1. The number of carbonyl (C=O) groups excluding carboxylic acids is 1. The summed E-state index contributed by atoms with van der Waals surface area (Å²) in [7, 11) is 0. The summed E-state index contributed by atoms with van der Waals surface area (Å²) in [6.45, 7) is 1.66. The number of carbonyl (C=O) groups is 1. The third-order valence-electron chi connectivity index (χ3n) is 3.58. The molecule has 3 heterocycles. The normalized spacial score (nSPS) is 17.6. The monoisotopic (exact) mass is 283 g/mol. The minimum absolute atomic E-state index is 0.0245. The van der Waals surface area contributed by atoms with Crippen molar-refractivity contribution in [3.05, 3.63) is 48.4 Å². The van der Waals surface area contributed by atoms with Gasteiger partial charge >= 0.3 is 0 Å². The molecule has 0 spiro atoms. The van der Waals surface area contributed by atoms with Gasteiger partial charge in [0.2, 0.25) is 5.91 Å². The fourth-order valence-electron chi connectivity index (χ4n) is 2.41. The van der Waals surface area contributed by atoms with E-state index in [0.29, 0.717) is 19.8 Å². The summed E-state index contributed by atoms with van der Waals surface area (Å²) in [5.74, 6) is 0.0250. The maximum atomic E-state index is 12.0. The number of hydrogen-bond donors (Lipinski definition) is 1. The van der Waals surface area contributed by atoms with Crippen molar-refractivity contribution in [1.82, 2.24) is 15.3 Å². The standard InChI is InChI=1S/C16H17N3O2/c20-16(14-5-8-21-11-14)19-10-13-4-2-7-18-15(13)12-3-1-6-17-9-12/h1-4,6-7,9,14H,5,8,10-11H2,(H,19,20). The van der Waals surface area contributed by atoms with Crippen LogP contribution in [-0.4, -0.2) is 29.1 Å². The second kappa shape index (κ2) is 6.45. The maximum absolute atomic E-state index is 12.0. The number of aromatic nitrogens is 2. The van der Waals surface area contributed by atoms with Crippen molar-refractivity contribution < 1.29 is 9.53 Å². The topological polar surface area (TPSA) is 64.1 Å². The van der Waals surface area contributed by atoms with Crippen molar-refractivity contribution in [2.24, 2.45) is 5.92 Å². The number of hydrogen-bond acceptors (Lipinski definition) is 4. The van der Waals surface area contributed by atoms with E-state index >= 15 is 0 Å². The number of nitrogens with zero attached hydrogens (tertiary/aromatic N) is 2. The number of amides is 1. The second-order valence-electron chi connectivity index (χ2n) is 5.03. The van der Waals surface area contributed by atoms with E-state index in [1.165, 1.54) is 0 Å². The van der Waals surface area contributed by atoms with Gasteiger partial charge in [0, 0.05) is 37.3 Å². The Labute approximate surface area is 123 Å². The first-order chi connectivity index (χ1) is 10.3. The molecular formula is C16H17N3O2. The zero-order valence-electron chi connectivity index (χ0n) is 11.7. The fraction of sp³-hybridized carbons (Fsp3) is 0.312. The van der Waals surface area contributed by atoms with Gasteiger partial charge in [-0.25, -0.2) is 0 Å². The van der Waals surface area contributed by atoms with Gasteiger partial charge in [-0.3, -0.25) is 14.8 Å². The van der Waals surface area contributed by atoms with Crippen LogP contribution in [0.5, 0.6) is 0 Å². The van der Waals surface area contributed by atoms with Crippen molar-refractivity contribution in [2.45, 2.75) is 13.0 Å². The van der Waals surface area contributed by atoms with Crippen LogP contribution in [0.2, 0.25) is 0 Å². The van der Waals surface area contributed by atoms with Crippen LogP contribution in [0.25, 0.3) is 11.3 Å². The van der Waals surface area contributed by atoms with Gasteiger partial charge in [0.1, 0.15) is 0 Å². The largest absolute Gasteiger partial charge is 0.381 e. The van der Waals surface area contributed by atoms with Crippen molar-refractivity contribution in [1.29, 1.82) is 0 Å². The Bertz CT molecular complexity index is 610. The van der Waals surface area contributed by atoms with Crippen molar-refractivity contribution in [2.75, 3.05) is 13.2 Å². The molecule has 2 aromatic heterocycles. The van der Waals surface area contributed by atoms with E-state index in [2.05, 4.69) is 15.3 Å². The van der Waals surface area contributed by atoms with E-state index in [1.54, 1.807) is 18.6 Å². The summed E-state index contributed by atoms with van der Waals surface area (Å²) >= 11 is 0. The van der Waals surface area contributed by atoms with E-state index in [4.69, 9.17) is 4.74 Å². The van der Waals surface area contributed by atoms with Crippen LogP contribution in [-0.2, 0) is 16.1 Å². The quantitative estimate of drug-likeness (QED) is 0.929. The molecule has 108 valence electrons. The molecule has 0 saturated carbocycles. The second-order valence-corrected chi connectivity index (χ2v) is 5.03. The van der Waals surface area contributed by atoms with E-state index in [1.807, 2.05) is 24.3 Å². The number of rotatable bonds is 4. The molecule has 21 heavy (non-hydrogen) atoms. The van der Waals surface area contributed by atoms with Crippen molar-refractivity contribution >= 4 is 5.91 Å². The molecule has 1 atom stereocenters. The SMILES string of the molecule is O=C(NCc1cccnc1-c1cccnc1)C1CCOC1. The molecule has 1 N–H and O–H groups in total. The average Bonchev–Trinajstić information content (AvgIpc) is 3.08. The molecule has 1 aliphatic rings. The van der Waals surface area contributed by atoms with Crippen LogP contribution in [0.3, 0.4) is 0 Å². The summed E-state index contributed by atoms with van der Waals surface area (Å²) < 4.78 is 5.24. The van der Waals surface area contributed by atoms with Gasteiger partial charge in [0.25, 0.3) is 0 Å². The lowest BCUT2D eigenvalue weighted by Gasteiger charge is -2.12. The molecule has 0 aliphatic carbocycles. The highest BCUT2D eigenvalue weighted by Gasteiger charge is 2.23. The van der Waals surface area contributed by atoms with Crippen LogP contribution < -0.4 is 5.32 Å². The van der Waals surface area contributed by atoms with Crippen LogP contribution in [0, 0.1) is 5.92 Å². The Morgan fingerprint density at radius 2 is 2.24 bits per heavy atom. The van der Waals surface area contributed by atoms with Crippen LogP contribution >= 0.6 is 0 Å². The Morgan fingerprint density at radius 1 is 1.33 bits per heavy atom. The summed E-state index contributed by atoms with van der Waals surface area (Å²) in [6.07, 6.45) is 6.05. The highest BCUT2D eigenvalue weighted by atomic mass is 16.5. The van der Waals surface area contributed by atoms with E-state index in [9.17, 15) is 4.79 Å². The van der Waals surface area contributed by atoms with E-state index < -0.39 is 0 Å². The smallest absolute Gasteiger partial charge is 0.225 e. The molecule has 2 aromatic rings. The maximum Gasteiger partial charge on any atom is 0.225 e. The Morgan fingerprint density at radius 3 is 3.00 bits per heavy atom. The molecule has 1 amide bonds. The van der Waals surface area contributed by atoms with Crippen molar-refractivity contribution in [3.63, 3.8) is 0 Å². The average molecular weight is 283 g/mol. The molecule has 0 aromatic carbocycles. The Hall–Kier alpha value is -2.27. The molecule has 1 saturated heterocycles. The van der Waals surface area contributed by atoms with Crippen LogP contribution in [0.15, 0.2) is 42.9 Å². The third-order valence-corrected chi connectivity index (χ3v) is 3.58. The minimum Gasteiger partial charge on any atom is -0.381 e. The van der Waals surface area contributed by atoms with Gasteiger partial charge in [-0.2, -0.15) is 0 Å². The van der Waals surface area contributed by atoms with Gasteiger partial charge in [-0.15, -0.1) is 0 Å². The van der Waals surface area contributed by atoms with E-state index in [0.717, 1.165) is 23.2 Å². The van der Waals surface area contributed by atoms with Crippen molar-refractivity contribution in [3.8, 4) is 11.3 Å². The lowest BCUT2D eigenvalue weighted by Crippen LogP contribution is -2.30. The molecule has 1 unspecified atom stereocenters. The van der Waals surface area contributed by atoms with Gasteiger partial charge in [0.05, 0.1) is 18.2 Å². The lowest BCUT2D eigenvalue weighted by molar-refractivity contribution is -0.125. The van der Waals surface area contributed by atoms with Gasteiger partial charge in [0.15, 0.2) is 0 Å². The van der Waals surface area contributed by atoms with Crippen LogP contribution in [0.4, 0.5) is 0 Å². The summed E-state index contributed by atoms with van der Waals surface area (Å²) in [6, 6.07) is 7.69. The zero-order valence-corrected chi connectivity index (χ0v) is 11.7. The first-order valence-electron chi connectivity index (χ1n) is 7.04. The summed E-state index contributed by atoms with van der Waals surface area (Å²) in [5, 5.41) is 2.97. The number of nitrogens with one attached hydrogen (secondary N) is 1. The summed E-state index contributed by atoms with van der Waals surface area (Å²) in [4.78, 5) is 20.6. The minimum atomic E-state index is -0.0245. The molecule has 0 radical (unpaired) electrons. The third kappa shape index (κ3) is 3.25.